The summed E-state index contributed by atoms with van der Waals surface area (Å²) in [6, 6.07) is 8.67. The van der Waals surface area contributed by atoms with Crippen molar-refractivity contribution in [1.82, 2.24) is 5.32 Å². The Hall–Kier alpha value is -2.89. The molecule has 0 fully saturated rings. The maximum atomic E-state index is 9.61. The lowest BCUT2D eigenvalue weighted by atomic mass is 9.79. The van der Waals surface area contributed by atoms with Crippen LogP contribution in [0.3, 0.4) is 0 Å². The van der Waals surface area contributed by atoms with Crippen LogP contribution in [-0.2, 0) is 0 Å². The van der Waals surface area contributed by atoms with E-state index in [4.69, 9.17) is 0 Å². The molecule has 0 amide bonds. The van der Waals surface area contributed by atoms with Crippen molar-refractivity contribution in [2.75, 3.05) is 6.54 Å². The third-order valence-electron chi connectivity index (χ3n) is 6.90. The van der Waals surface area contributed by atoms with Crippen LogP contribution in [0.15, 0.2) is 83.5 Å². The molecule has 1 N–H and O–H groups in total. The summed E-state index contributed by atoms with van der Waals surface area (Å²) < 4.78 is 0. The van der Waals surface area contributed by atoms with E-state index in [1.165, 1.54) is 29.6 Å². The lowest BCUT2D eigenvalue weighted by Crippen LogP contribution is -2.37. The number of rotatable bonds is 10. The van der Waals surface area contributed by atoms with Crippen LogP contribution >= 0.6 is 0 Å². The van der Waals surface area contributed by atoms with Gasteiger partial charge in [-0.15, -0.1) is 0 Å². The number of nitrogens with zero attached hydrogens (tertiary/aromatic N) is 1. The Labute approximate surface area is 208 Å². The maximum absolute atomic E-state index is 9.61. The Balaban J connectivity index is 2.28. The molecule has 2 rings (SSSR count). The lowest BCUT2D eigenvalue weighted by Gasteiger charge is -2.32. The monoisotopic (exact) mass is 454 g/mol. The van der Waals surface area contributed by atoms with E-state index in [0.29, 0.717) is 12.0 Å². The summed E-state index contributed by atoms with van der Waals surface area (Å²) in [5, 5.41) is 13.5. The molecule has 34 heavy (non-hydrogen) atoms. The molecule has 1 aliphatic carbocycles. The van der Waals surface area contributed by atoms with E-state index in [-0.39, 0.29) is 0 Å². The van der Waals surface area contributed by atoms with Gasteiger partial charge >= 0.3 is 0 Å². The Morgan fingerprint density at radius 2 is 2.06 bits per heavy atom. The normalized spacial score (nSPS) is 17.8. The van der Waals surface area contributed by atoms with Gasteiger partial charge in [0.15, 0.2) is 0 Å². The third-order valence-corrected chi connectivity index (χ3v) is 6.90. The topological polar surface area (TPSA) is 35.8 Å². The van der Waals surface area contributed by atoms with Crippen molar-refractivity contribution in [3.8, 4) is 6.07 Å². The van der Waals surface area contributed by atoms with Gasteiger partial charge in [-0.2, -0.15) is 5.26 Å². The molecule has 1 aliphatic rings. The zero-order valence-electron chi connectivity index (χ0n) is 22.0. The minimum atomic E-state index is 0.402. The molecule has 0 spiro atoms. The van der Waals surface area contributed by atoms with Gasteiger partial charge in [0, 0.05) is 18.2 Å². The molecule has 0 bridgehead atoms. The van der Waals surface area contributed by atoms with Crippen molar-refractivity contribution < 1.29 is 0 Å². The fourth-order valence-electron chi connectivity index (χ4n) is 4.77. The van der Waals surface area contributed by atoms with E-state index in [0.717, 1.165) is 41.6 Å². The SMILES string of the molecule is C=C/C=C\C1=C(C(C)CC)C(NCC(/C=C\C(=C/C)c2c(C)cccc2C#N)=C(C)C)CCC1. The number of benzene rings is 1. The summed E-state index contributed by atoms with van der Waals surface area (Å²) >= 11 is 0. The highest BCUT2D eigenvalue weighted by Gasteiger charge is 2.25. The van der Waals surface area contributed by atoms with Gasteiger partial charge in [0.1, 0.15) is 0 Å². The summed E-state index contributed by atoms with van der Waals surface area (Å²) in [6.07, 6.45) is 17.4. The van der Waals surface area contributed by atoms with Crippen LogP contribution in [0.5, 0.6) is 0 Å². The molecule has 1 aromatic rings. The van der Waals surface area contributed by atoms with Crippen molar-refractivity contribution in [3.05, 3.63) is 100 Å². The van der Waals surface area contributed by atoms with Gasteiger partial charge in [-0.05, 0) is 93.2 Å². The number of hydrogen-bond donors (Lipinski definition) is 1. The fourth-order valence-corrected chi connectivity index (χ4v) is 4.77. The first-order valence-corrected chi connectivity index (χ1v) is 12.6. The van der Waals surface area contributed by atoms with Gasteiger partial charge in [-0.3, -0.25) is 0 Å². The number of nitrogens with one attached hydrogen (secondary N) is 1. The second-order valence-corrected chi connectivity index (χ2v) is 9.42. The van der Waals surface area contributed by atoms with Gasteiger partial charge in [-0.1, -0.05) is 74.6 Å². The van der Waals surface area contributed by atoms with E-state index < -0.39 is 0 Å². The molecule has 0 saturated carbocycles. The maximum Gasteiger partial charge on any atom is 0.0998 e. The number of hydrogen-bond acceptors (Lipinski definition) is 2. The standard InChI is InChI=1S/C32H42N2/c1-8-11-15-27-16-13-18-30(32(27)24(6)9-2)34-22-29(23(4)5)20-19-26(10-3)31-25(7)14-12-17-28(31)21-33/h8,10-12,14-15,17,19-20,24,30,34H,1,9,13,16,18,22H2,2-7H3/b15-11-,20-19-,26-10+. The van der Waals surface area contributed by atoms with Crippen LogP contribution in [0, 0.1) is 24.2 Å². The molecular formula is C32H42N2. The first-order valence-electron chi connectivity index (χ1n) is 12.6. The van der Waals surface area contributed by atoms with E-state index in [9.17, 15) is 5.26 Å². The van der Waals surface area contributed by atoms with Crippen LogP contribution in [0.1, 0.15) is 77.0 Å². The van der Waals surface area contributed by atoms with Crippen LogP contribution in [0.25, 0.3) is 5.57 Å². The molecule has 2 heteroatoms. The number of nitriles is 1. The zero-order valence-corrected chi connectivity index (χ0v) is 22.0. The van der Waals surface area contributed by atoms with Crippen molar-refractivity contribution in [3.63, 3.8) is 0 Å². The van der Waals surface area contributed by atoms with Crippen molar-refractivity contribution in [2.24, 2.45) is 5.92 Å². The Morgan fingerprint density at radius 3 is 2.68 bits per heavy atom. The first-order chi connectivity index (χ1) is 16.4. The zero-order chi connectivity index (χ0) is 25.1. The Bertz CT molecular complexity index is 1050. The molecule has 2 atom stereocenters. The Morgan fingerprint density at radius 1 is 1.29 bits per heavy atom. The van der Waals surface area contributed by atoms with E-state index in [1.54, 1.807) is 5.57 Å². The van der Waals surface area contributed by atoms with Gasteiger partial charge in [0.25, 0.3) is 0 Å². The molecule has 0 aliphatic heterocycles. The number of allylic oxidation sites excluding steroid dienone is 8. The van der Waals surface area contributed by atoms with Crippen LogP contribution in [-0.4, -0.2) is 12.6 Å². The average molecular weight is 455 g/mol. The number of aryl methyl sites for hydroxylation is 1. The van der Waals surface area contributed by atoms with E-state index in [2.05, 4.69) is 89.0 Å². The summed E-state index contributed by atoms with van der Waals surface area (Å²) in [6.45, 7) is 17.8. The minimum Gasteiger partial charge on any atom is -0.306 e. The highest BCUT2D eigenvalue weighted by Crippen LogP contribution is 2.33. The Kier molecular flexibility index (Phi) is 11.0. The molecule has 1 aromatic carbocycles. The van der Waals surface area contributed by atoms with Gasteiger partial charge in [-0.25, -0.2) is 0 Å². The molecule has 0 heterocycles. The second kappa shape index (κ2) is 13.7. The van der Waals surface area contributed by atoms with Crippen LogP contribution in [0.2, 0.25) is 0 Å². The third kappa shape index (κ3) is 7.05. The van der Waals surface area contributed by atoms with E-state index in [1.807, 2.05) is 25.1 Å². The average Bonchev–Trinajstić information content (AvgIpc) is 2.84. The predicted octanol–water partition coefficient (Wildman–Crippen LogP) is 8.39. The molecule has 2 unspecified atom stereocenters. The molecule has 180 valence electrons. The summed E-state index contributed by atoms with van der Waals surface area (Å²) in [7, 11) is 0. The molecule has 2 nitrogen and oxygen atoms in total. The van der Waals surface area contributed by atoms with Crippen molar-refractivity contribution in [1.29, 1.82) is 5.26 Å². The first kappa shape index (κ1) is 27.4. The molecular weight excluding hydrogens is 412 g/mol. The van der Waals surface area contributed by atoms with Crippen LogP contribution < -0.4 is 5.32 Å². The largest absolute Gasteiger partial charge is 0.306 e. The molecule has 0 saturated heterocycles. The smallest absolute Gasteiger partial charge is 0.0998 e. The predicted molar refractivity (Wildman–Crippen MR) is 149 cm³/mol. The summed E-state index contributed by atoms with van der Waals surface area (Å²) in [5.41, 5.74) is 9.61. The van der Waals surface area contributed by atoms with Gasteiger partial charge < -0.3 is 5.32 Å². The highest BCUT2D eigenvalue weighted by molar-refractivity contribution is 5.79. The molecule has 0 radical (unpaired) electrons. The van der Waals surface area contributed by atoms with Crippen molar-refractivity contribution >= 4 is 5.57 Å². The highest BCUT2D eigenvalue weighted by atomic mass is 14.9. The van der Waals surface area contributed by atoms with Crippen LogP contribution in [0.4, 0.5) is 0 Å². The summed E-state index contributed by atoms with van der Waals surface area (Å²) in [5.74, 6) is 0.563. The quantitative estimate of drug-likeness (QED) is 0.360. The van der Waals surface area contributed by atoms with Gasteiger partial charge in [0.2, 0.25) is 0 Å². The van der Waals surface area contributed by atoms with Gasteiger partial charge in [0.05, 0.1) is 11.6 Å². The van der Waals surface area contributed by atoms with Crippen molar-refractivity contribution in [2.45, 2.75) is 73.3 Å². The lowest BCUT2D eigenvalue weighted by molar-refractivity contribution is 0.453. The second-order valence-electron chi connectivity index (χ2n) is 9.42. The fraction of sp³-hybridized carbons (Fsp3) is 0.406. The van der Waals surface area contributed by atoms with E-state index >= 15 is 0 Å². The molecule has 0 aromatic heterocycles. The summed E-state index contributed by atoms with van der Waals surface area (Å²) in [4.78, 5) is 0. The minimum absolute atomic E-state index is 0.402.